The van der Waals surface area contributed by atoms with Crippen molar-refractivity contribution in [3.8, 4) is 11.5 Å². The minimum absolute atomic E-state index is 0.114. The molecule has 0 saturated heterocycles. The number of benzene rings is 2. The van der Waals surface area contributed by atoms with Gasteiger partial charge in [-0.2, -0.15) is 0 Å². The molecular formula is C40H54Cl2O14S. The van der Waals surface area contributed by atoms with Gasteiger partial charge in [0.2, 0.25) is 9.23 Å². The number of hydrogen-bond donors (Lipinski definition) is 4. The smallest absolute Gasteiger partial charge is 0.338 e. The van der Waals surface area contributed by atoms with Crippen LogP contribution >= 0.6 is 21.4 Å². The maximum Gasteiger partial charge on any atom is 0.338 e. The Morgan fingerprint density at radius 1 is 0.614 bits per heavy atom. The average Bonchev–Trinajstić information content (AvgIpc) is 3.20. The van der Waals surface area contributed by atoms with Crippen molar-refractivity contribution in [1.29, 1.82) is 0 Å². The Morgan fingerprint density at radius 2 is 0.947 bits per heavy atom. The maximum atomic E-state index is 12.1. The van der Waals surface area contributed by atoms with Gasteiger partial charge in [-0.1, -0.05) is 13.2 Å². The summed E-state index contributed by atoms with van der Waals surface area (Å²) in [7, 11) is 7.36. The molecule has 0 spiro atoms. The van der Waals surface area contributed by atoms with E-state index in [-0.39, 0.29) is 35.9 Å². The van der Waals surface area contributed by atoms with Crippen LogP contribution in [0.1, 0.15) is 97.8 Å². The van der Waals surface area contributed by atoms with Crippen LogP contribution in [0.25, 0.3) is 0 Å². The number of carbonyl (C=O) groups excluding carboxylic acids is 3. The summed E-state index contributed by atoms with van der Waals surface area (Å²) in [5, 5.41) is 36.0. The third-order valence-electron chi connectivity index (χ3n) is 8.21. The number of ether oxygens (including phenoxy) is 5. The first kappa shape index (κ1) is 51.0. The van der Waals surface area contributed by atoms with Crippen LogP contribution in [0.3, 0.4) is 0 Å². The van der Waals surface area contributed by atoms with Crippen molar-refractivity contribution >= 4 is 54.5 Å². The third kappa shape index (κ3) is 26.5. The summed E-state index contributed by atoms with van der Waals surface area (Å²) in [6, 6.07) is 13.0. The van der Waals surface area contributed by atoms with E-state index in [1.165, 1.54) is 12.1 Å². The van der Waals surface area contributed by atoms with E-state index in [9.17, 15) is 24.3 Å². The highest BCUT2D eigenvalue weighted by atomic mass is 36.0. The second-order valence-corrected chi connectivity index (χ2v) is 15.2. The van der Waals surface area contributed by atoms with Crippen LogP contribution in [0.15, 0.2) is 73.8 Å². The van der Waals surface area contributed by atoms with Crippen molar-refractivity contribution in [3.63, 3.8) is 0 Å². The van der Waals surface area contributed by atoms with Gasteiger partial charge in [0.15, 0.2) is 0 Å². The van der Waals surface area contributed by atoms with Gasteiger partial charge in [-0.15, -0.1) is 0 Å². The zero-order valence-electron chi connectivity index (χ0n) is 31.8. The number of unbranched alkanes of at least 4 members (excludes halogenated alkanes) is 2. The van der Waals surface area contributed by atoms with Crippen molar-refractivity contribution in [2.24, 2.45) is 0 Å². The number of halogens is 2. The number of carboxylic acid groups (broad SMARTS) is 1. The third-order valence-corrected chi connectivity index (χ3v) is 8.21. The van der Waals surface area contributed by atoms with E-state index in [1.807, 2.05) is 0 Å². The summed E-state index contributed by atoms with van der Waals surface area (Å²) < 4.78 is 35.3. The van der Waals surface area contributed by atoms with Crippen LogP contribution in [0.4, 0.5) is 0 Å². The minimum Gasteiger partial charge on any atom is -0.494 e. The lowest BCUT2D eigenvalue weighted by molar-refractivity contribution is -0.138. The standard InChI is InChI=1S/C20H26O6.C14H16O5.C6H12O2.Cl2OS/c1-2-19(22)25-14-4-3-13-24-17-9-5-15(6-10-17)20(23)26-18-11-7-16(21)8-12-18;1-2-13(15)19-10-4-3-9-18-12-7-5-11(6-8-12)14(16)17;7-5-1-2-6(8)4-3-5;1-4(2)3/h2,5-6,9-10,16,18,21H,1,3-4,7-8,11-14H2;2,5-8H,1,3-4,9-10H2,(H,16,17);5-8H,1-4H2;. The van der Waals surface area contributed by atoms with Crippen molar-refractivity contribution in [3.05, 3.63) is 85.0 Å². The fourth-order valence-corrected chi connectivity index (χ4v) is 5.07. The Labute approximate surface area is 345 Å². The fraction of sp³-hybridized carbons (Fsp3) is 0.500. The van der Waals surface area contributed by atoms with Gasteiger partial charge < -0.3 is 44.1 Å². The van der Waals surface area contributed by atoms with Crippen LogP contribution < -0.4 is 9.47 Å². The second-order valence-electron chi connectivity index (χ2n) is 12.7. The highest BCUT2D eigenvalue weighted by Gasteiger charge is 2.23. The molecule has 2 saturated carbocycles. The Hall–Kier alpha value is -3.99. The molecule has 57 heavy (non-hydrogen) atoms. The van der Waals surface area contributed by atoms with Gasteiger partial charge in [-0.3, -0.25) is 0 Å². The zero-order chi connectivity index (χ0) is 42.4. The first-order valence-corrected chi connectivity index (χ1v) is 21.3. The summed E-state index contributed by atoms with van der Waals surface area (Å²) in [6.07, 6.45) is 10.4. The summed E-state index contributed by atoms with van der Waals surface area (Å²) in [6.45, 7) is 8.29. The predicted molar refractivity (Wildman–Crippen MR) is 216 cm³/mol. The van der Waals surface area contributed by atoms with E-state index in [4.69, 9.17) is 43.2 Å². The Balaban J connectivity index is 0.000000453. The summed E-state index contributed by atoms with van der Waals surface area (Å²) >= 11 is 0. The van der Waals surface area contributed by atoms with E-state index in [0.717, 1.165) is 50.7 Å². The molecule has 2 aliphatic rings. The van der Waals surface area contributed by atoms with Gasteiger partial charge in [0.05, 0.1) is 55.9 Å². The molecule has 0 bridgehead atoms. The molecule has 318 valence electrons. The molecule has 0 unspecified atom stereocenters. The molecular weight excluding hydrogens is 807 g/mol. The molecule has 4 N–H and O–H groups in total. The molecule has 17 heteroatoms. The highest BCUT2D eigenvalue weighted by Crippen LogP contribution is 2.23. The number of aliphatic hydroxyl groups is 3. The van der Waals surface area contributed by atoms with E-state index in [0.29, 0.717) is 82.0 Å². The number of aliphatic hydroxyl groups excluding tert-OH is 3. The van der Waals surface area contributed by atoms with Gasteiger partial charge in [0, 0.05) is 33.5 Å². The largest absolute Gasteiger partial charge is 0.494 e. The number of carboxylic acids is 1. The number of carbonyl (C=O) groups is 4. The van der Waals surface area contributed by atoms with E-state index in [2.05, 4.69) is 34.5 Å². The Kier molecular flexibility index (Phi) is 27.8. The fourth-order valence-electron chi connectivity index (χ4n) is 5.07. The molecule has 2 aliphatic carbocycles. The highest BCUT2D eigenvalue weighted by molar-refractivity contribution is 8.26. The van der Waals surface area contributed by atoms with Crippen molar-refractivity contribution in [1.82, 2.24) is 0 Å². The van der Waals surface area contributed by atoms with Gasteiger partial charge >= 0.3 is 23.9 Å². The number of esters is 3. The topological polar surface area (TPSA) is 212 Å². The minimum atomic E-state index is -1.67. The first-order valence-electron chi connectivity index (χ1n) is 18.5. The summed E-state index contributed by atoms with van der Waals surface area (Å²) in [5.74, 6) is -0.862. The SMILES string of the molecule is C=CC(=O)OCCCCOc1ccc(C(=O)O)cc1.C=CC(=O)OCCCCOc1ccc(C(=O)OC2CCC(O)CC2)cc1.O=S(Cl)Cl.OC1CCC(O)CC1. The molecule has 4 rings (SSSR count). The average molecular weight is 862 g/mol. The van der Waals surface area contributed by atoms with Crippen LogP contribution in [-0.4, -0.2) is 99.4 Å². The molecule has 14 nitrogen and oxygen atoms in total. The van der Waals surface area contributed by atoms with E-state index in [1.54, 1.807) is 36.4 Å². The normalized spacial score (nSPS) is 18.3. The lowest BCUT2D eigenvalue weighted by Crippen LogP contribution is -2.26. The van der Waals surface area contributed by atoms with Crippen molar-refractivity contribution in [2.75, 3.05) is 26.4 Å². The number of aromatic carboxylic acids is 1. The van der Waals surface area contributed by atoms with Crippen molar-refractivity contribution < 1.29 is 67.5 Å². The van der Waals surface area contributed by atoms with E-state index >= 15 is 0 Å². The monoisotopic (exact) mass is 860 g/mol. The van der Waals surface area contributed by atoms with Gasteiger partial charge in [-0.25, -0.2) is 23.4 Å². The van der Waals surface area contributed by atoms with Crippen LogP contribution in [0.5, 0.6) is 11.5 Å². The maximum absolute atomic E-state index is 12.1. The molecule has 0 radical (unpaired) electrons. The van der Waals surface area contributed by atoms with Gasteiger partial charge in [-0.05, 0) is 126 Å². The summed E-state index contributed by atoms with van der Waals surface area (Å²) in [4.78, 5) is 44.4. The second kappa shape index (κ2) is 31.1. The van der Waals surface area contributed by atoms with Crippen molar-refractivity contribution in [2.45, 2.75) is 101 Å². The molecule has 0 amide bonds. The Morgan fingerprint density at radius 3 is 1.30 bits per heavy atom. The predicted octanol–water partition coefficient (Wildman–Crippen LogP) is 6.63. The number of rotatable bonds is 17. The zero-order valence-corrected chi connectivity index (χ0v) is 34.2. The van der Waals surface area contributed by atoms with Gasteiger partial charge in [0.1, 0.15) is 17.6 Å². The lowest BCUT2D eigenvalue weighted by Gasteiger charge is -2.25. The quantitative estimate of drug-likeness (QED) is 0.0432. The molecule has 2 aromatic carbocycles. The lowest BCUT2D eigenvalue weighted by atomic mass is 9.95. The molecule has 0 heterocycles. The molecule has 2 fully saturated rings. The van der Waals surface area contributed by atoms with Gasteiger partial charge in [0.25, 0.3) is 0 Å². The summed E-state index contributed by atoms with van der Waals surface area (Å²) in [5.41, 5.74) is 0.712. The van der Waals surface area contributed by atoms with E-state index < -0.39 is 27.1 Å². The first-order chi connectivity index (χ1) is 27.2. The van der Waals surface area contributed by atoms with Crippen LogP contribution in [0.2, 0.25) is 0 Å². The molecule has 0 aliphatic heterocycles. The Bertz CT molecular complexity index is 1480. The molecule has 2 aromatic rings. The van der Waals surface area contributed by atoms with Crippen LogP contribution in [0, 0.1) is 0 Å². The number of hydrogen-bond acceptors (Lipinski definition) is 13. The molecule has 0 atom stereocenters. The molecule has 0 aromatic heterocycles. The van der Waals surface area contributed by atoms with Crippen LogP contribution in [-0.2, 0) is 33.0 Å².